The highest BCUT2D eigenvalue weighted by molar-refractivity contribution is 14.0. The summed E-state index contributed by atoms with van der Waals surface area (Å²) < 4.78 is 5.62. The van der Waals surface area contributed by atoms with Gasteiger partial charge < -0.3 is 19.9 Å². The average molecular weight is 515 g/mol. The predicted molar refractivity (Wildman–Crippen MR) is 131 cm³/mol. The fraction of sp³-hybridized carbons (Fsp3) is 0.727. The van der Waals surface area contributed by atoms with Gasteiger partial charge in [0.15, 0.2) is 5.96 Å². The van der Waals surface area contributed by atoms with Crippen LogP contribution >= 0.6 is 24.0 Å². The van der Waals surface area contributed by atoms with Crippen LogP contribution in [0.25, 0.3) is 0 Å². The molecule has 0 radical (unpaired) electrons. The van der Waals surface area contributed by atoms with Crippen LogP contribution in [0.1, 0.15) is 45.1 Å². The summed E-state index contributed by atoms with van der Waals surface area (Å²) in [5.41, 5.74) is 1.17. The number of halogens is 1. The quantitative estimate of drug-likeness (QED) is 0.368. The first kappa shape index (κ1) is 24.2. The number of hydrogen-bond acceptors (Lipinski definition) is 4. The van der Waals surface area contributed by atoms with Crippen LogP contribution in [0, 0.1) is 11.8 Å². The number of nitrogens with one attached hydrogen (secondary N) is 1. The van der Waals surface area contributed by atoms with Gasteiger partial charge in [-0.05, 0) is 43.2 Å². The van der Waals surface area contributed by atoms with E-state index in [9.17, 15) is 0 Å². The minimum absolute atomic E-state index is 0. The first-order chi connectivity index (χ1) is 13.5. The number of ether oxygens (including phenoxy) is 1. The van der Waals surface area contributed by atoms with E-state index in [4.69, 9.17) is 4.74 Å². The van der Waals surface area contributed by atoms with E-state index in [-0.39, 0.29) is 30.1 Å². The molecule has 3 rings (SSSR count). The molecule has 0 aromatic carbocycles. The van der Waals surface area contributed by atoms with Gasteiger partial charge in [0.05, 0.1) is 12.7 Å². The van der Waals surface area contributed by atoms with E-state index >= 15 is 0 Å². The van der Waals surface area contributed by atoms with Gasteiger partial charge in [0.2, 0.25) is 0 Å². The molecule has 1 aliphatic carbocycles. The van der Waals surface area contributed by atoms with Gasteiger partial charge in [0, 0.05) is 46.5 Å². The van der Waals surface area contributed by atoms with Crippen LogP contribution in [-0.4, -0.2) is 62.3 Å². The zero-order chi connectivity index (χ0) is 19.9. The van der Waals surface area contributed by atoms with Crippen LogP contribution in [-0.2, 0) is 11.3 Å². The Balaban J connectivity index is 0.00000300. The molecule has 1 saturated heterocycles. The summed E-state index contributed by atoms with van der Waals surface area (Å²) in [7, 11) is 4.01. The molecule has 164 valence electrons. The van der Waals surface area contributed by atoms with E-state index in [1.807, 2.05) is 13.2 Å². The Morgan fingerprint density at radius 1 is 1.28 bits per heavy atom. The number of rotatable bonds is 5. The highest BCUT2D eigenvalue weighted by Crippen LogP contribution is 2.28. The lowest BCUT2D eigenvalue weighted by atomic mass is 9.83. The normalized spacial score (nSPS) is 25.3. The van der Waals surface area contributed by atoms with E-state index in [0.29, 0.717) is 0 Å². The summed E-state index contributed by atoms with van der Waals surface area (Å²) in [4.78, 5) is 13.7. The van der Waals surface area contributed by atoms with Crippen LogP contribution in [0.3, 0.4) is 0 Å². The van der Waals surface area contributed by atoms with Crippen molar-refractivity contribution in [3.63, 3.8) is 0 Å². The van der Waals surface area contributed by atoms with Gasteiger partial charge in [-0.3, -0.25) is 4.99 Å². The van der Waals surface area contributed by atoms with E-state index in [1.165, 1.54) is 31.2 Å². The van der Waals surface area contributed by atoms with Crippen molar-refractivity contribution in [1.82, 2.24) is 15.2 Å². The Morgan fingerprint density at radius 3 is 2.66 bits per heavy atom. The van der Waals surface area contributed by atoms with Crippen molar-refractivity contribution in [3.8, 4) is 0 Å². The number of aromatic nitrogens is 1. The van der Waals surface area contributed by atoms with Crippen LogP contribution in [0.2, 0.25) is 0 Å². The highest BCUT2D eigenvalue weighted by atomic mass is 127. The van der Waals surface area contributed by atoms with E-state index in [1.54, 1.807) is 0 Å². The van der Waals surface area contributed by atoms with E-state index < -0.39 is 0 Å². The molecule has 7 heteroatoms. The molecule has 0 spiro atoms. The van der Waals surface area contributed by atoms with Crippen LogP contribution in [0.4, 0.5) is 5.82 Å². The number of hydrogen-bond donors (Lipinski definition) is 1. The second-order valence-electron chi connectivity index (χ2n) is 8.56. The largest absolute Gasteiger partial charge is 0.375 e. The third kappa shape index (κ3) is 7.27. The third-order valence-corrected chi connectivity index (χ3v) is 6.07. The SMILES string of the molecule is CN=C(NCc1ccc(N2CCOC(C)C2)nc1)N(C)CC1CCC(C)CC1.I. The molecule has 1 atom stereocenters. The van der Waals surface area contributed by atoms with Crippen LogP contribution < -0.4 is 10.2 Å². The highest BCUT2D eigenvalue weighted by Gasteiger charge is 2.21. The maximum Gasteiger partial charge on any atom is 0.193 e. The lowest BCUT2D eigenvalue weighted by Gasteiger charge is -2.32. The topological polar surface area (TPSA) is 53.0 Å². The number of anilines is 1. The van der Waals surface area contributed by atoms with Crippen LogP contribution in [0.15, 0.2) is 23.3 Å². The monoisotopic (exact) mass is 515 g/mol. The fourth-order valence-corrected chi connectivity index (χ4v) is 4.29. The Morgan fingerprint density at radius 2 is 2.03 bits per heavy atom. The van der Waals surface area contributed by atoms with Gasteiger partial charge >= 0.3 is 0 Å². The number of guanidine groups is 1. The van der Waals surface area contributed by atoms with Crippen molar-refractivity contribution in [2.75, 3.05) is 45.2 Å². The molecule has 2 fully saturated rings. The van der Waals surface area contributed by atoms with Crippen molar-refractivity contribution in [3.05, 3.63) is 23.9 Å². The standard InChI is InChI=1S/C22H37N5O.HI/c1-17-5-7-19(8-6-17)16-26(4)22(23-3)25-14-20-9-10-21(24-13-20)27-11-12-28-18(2)15-27;/h9-10,13,17-19H,5-8,11-12,14-16H2,1-4H3,(H,23,25);1H. The molecule has 1 aromatic heterocycles. The van der Waals surface area contributed by atoms with Gasteiger partial charge in [-0.2, -0.15) is 0 Å². The molecule has 1 N–H and O–H groups in total. The third-order valence-electron chi connectivity index (χ3n) is 6.07. The Labute approximate surface area is 193 Å². The smallest absolute Gasteiger partial charge is 0.193 e. The second kappa shape index (κ2) is 11.9. The Hall–Kier alpha value is -1.09. The summed E-state index contributed by atoms with van der Waals surface area (Å²) in [5, 5.41) is 3.49. The molecule has 1 aromatic rings. The minimum Gasteiger partial charge on any atom is -0.375 e. The maximum absolute atomic E-state index is 5.62. The Kier molecular flexibility index (Phi) is 9.95. The summed E-state index contributed by atoms with van der Waals surface area (Å²) in [6.07, 6.45) is 7.65. The molecule has 1 saturated carbocycles. The lowest BCUT2D eigenvalue weighted by Crippen LogP contribution is -2.42. The number of aliphatic imine (C=N–C) groups is 1. The summed E-state index contributed by atoms with van der Waals surface area (Å²) in [6.45, 7) is 8.90. The fourth-order valence-electron chi connectivity index (χ4n) is 4.29. The number of nitrogens with zero attached hydrogens (tertiary/aromatic N) is 4. The van der Waals surface area contributed by atoms with E-state index in [0.717, 1.165) is 56.4 Å². The van der Waals surface area contributed by atoms with Crippen molar-refractivity contribution in [2.24, 2.45) is 16.8 Å². The number of pyridine rings is 1. The molecule has 1 unspecified atom stereocenters. The zero-order valence-corrected chi connectivity index (χ0v) is 20.8. The van der Waals surface area contributed by atoms with Crippen molar-refractivity contribution >= 4 is 35.8 Å². The van der Waals surface area contributed by atoms with Gasteiger partial charge in [-0.15, -0.1) is 24.0 Å². The molecule has 2 aliphatic rings. The molecule has 29 heavy (non-hydrogen) atoms. The molecule has 0 bridgehead atoms. The average Bonchev–Trinajstić information content (AvgIpc) is 2.71. The van der Waals surface area contributed by atoms with Crippen molar-refractivity contribution < 1.29 is 4.74 Å². The van der Waals surface area contributed by atoms with Crippen LogP contribution in [0.5, 0.6) is 0 Å². The molecule has 6 nitrogen and oxygen atoms in total. The summed E-state index contributed by atoms with van der Waals surface area (Å²) >= 11 is 0. The molecular formula is C22H38IN5O. The minimum atomic E-state index is 0. The Bertz CT molecular complexity index is 631. The maximum atomic E-state index is 5.62. The first-order valence-corrected chi connectivity index (χ1v) is 10.8. The number of morpholine rings is 1. The van der Waals surface area contributed by atoms with Crippen molar-refractivity contribution in [2.45, 2.75) is 52.2 Å². The van der Waals surface area contributed by atoms with Gasteiger partial charge in [0.1, 0.15) is 5.82 Å². The summed E-state index contributed by atoms with van der Waals surface area (Å²) in [6, 6.07) is 4.27. The summed E-state index contributed by atoms with van der Waals surface area (Å²) in [5.74, 6) is 3.68. The second-order valence-corrected chi connectivity index (χ2v) is 8.56. The molecule has 0 amide bonds. The lowest BCUT2D eigenvalue weighted by molar-refractivity contribution is 0.0529. The first-order valence-electron chi connectivity index (χ1n) is 10.8. The van der Waals surface area contributed by atoms with E-state index in [2.05, 4.69) is 58.1 Å². The predicted octanol–water partition coefficient (Wildman–Crippen LogP) is 3.76. The van der Waals surface area contributed by atoms with Gasteiger partial charge in [-0.1, -0.05) is 25.8 Å². The van der Waals surface area contributed by atoms with Gasteiger partial charge in [-0.25, -0.2) is 4.98 Å². The van der Waals surface area contributed by atoms with Gasteiger partial charge in [0.25, 0.3) is 0 Å². The molecule has 1 aliphatic heterocycles. The molecule has 2 heterocycles. The van der Waals surface area contributed by atoms with Crippen molar-refractivity contribution in [1.29, 1.82) is 0 Å². The zero-order valence-electron chi connectivity index (χ0n) is 18.4. The molecular weight excluding hydrogens is 477 g/mol.